The summed E-state index contributed by atoms with van der Waals surface area (Å²) in [6.07, 6.45) is 5.56. The van der Waals surface area contributed by atoms with Crippen molar-refractivity contribution in [2.45, 2.75) is 122 Å². The monoisotopic (exact) mass is 868 g/mol. The highest BCUT2D eigenvalue weighted by molar-refractivity contribution is 7.89. The number of carbonyl (C=O) groups excluding carboxylic acids is 4. The molecule has 4 aliphatic rings. The van der Waals surface area contributed by atoms with E-state index >= 15 is 0 Å². The van der Waals surface area contributed by atoms with Crippen molar-refractivity contribution >= 4 is 56.1 Å². The van der Waals surface area contributed by atoms with Crippen molar-refractivity contribution in [3.05, 3.63) is 39.8 Å². The van der Waals surface area contributed by atoms with Crippen LogP contribution in [-0.4, -0.2) is 97.3 Å². The first-order chi connectivity index (χ1) is 28.5. The fourth-order valence-electron chi connectivity index (χ4n) is 8.96. The number of hydrogen-bond donors (Lipinski definition) is 3. The van der Waals surface area contributed by atoms with E-state index in [1.165, 1.54) is 16.2 Å². The first-order valence-electron chi connectivity index (χ1n) is 20.8. The molecule has 2 aliphatic heterocycles. The summed E-state index contributed by atoms with van der Waals surface area (Å²) in [6, 6.07) is 3.44. The lowest BCUT2D eigenvalue weighted by Gasteiger charge is -2.32. The number of fused-ring (bicyclic) bond motifs is 3. The summed E-state index contributed by atoms with van der Waals surface area (Å²) < 4.78 is 50.9. The van der Waals surface area contributed by atoms with Gasteiger partial charge in [0.25, 0.3) is 5.91 Å². The molecule has 3 N–H and O–H groups in total. The van der Waals surface area contributed by atoms with E-state index in [1.807, 2.05) is 49.9 Å². The van der Waals surface area contributed by atoms with Crippen LogP contribution in [0, 0.1) is 24.2 Å². The Kier molecular flexibility index (Phi) is 12.5. The van der Waals surface area contributed by atoms with E-state index in [0.717, 1.165) is 48.2 Å². The van der Waals surface area contributed by atoms with Crippen molar-refractivity contribution in [2.24, 2.45) is 17.3 Å². The van der Waals surface area contributed by atoms with E-state index in [2.05, 4.69) is 15.6 Å². The maximum absolute atomic E-state index is 14.9. The molecule has 7 rings (SSSR count). The van der Waals surface area contributed by atoms with Crippen molar-refractivity contribution in [3.8, 4) is 17.4 Å². The number of aromatic nitrogens is 2. The molecule has 18 heteroatoms. The Labute approximate surface area is 354 Å². The van der Waals surface area contributed by atoms with Gasteiger partial charge in [-0.2, -0.15) is 0 Å². The van der Waals surface area contributed by atoms with Crippen molar-refractivity contribution in [2.75, 3.05) is 26.5 Å². The van der Waals surface area contributed by atoms with Crippen molar-refractivity contribution in [3.63, 3.8) is 0 Å². The Morgan fingerprint density at radius 2 is 1.88 bits per heavy atom. The SMILES string of the molecule is CC[C@@H]1C[C@]1(NC(=O)[C@@H]1C[C@@H]2CN1C(=O)[C@H](C1CCCC1)NC(=O)OCC(C)(C)CCCc1cc3c(cc(OCc4csc(C)n4)nc3cc1OC)O2)C(=O)NS(C)(=O)=O. The molecule has 0 spiro atoms. The Bertz CT molecular complexity index is 2240. The van der Waals surface area contributed by atoms with Crippen LogP contribution in [0.1, 0.15) is 94.8 Å². The van der Waals surface area contributed by atoms with Crippen LogP contribution < -0.4 is 29.6 Å². The molecule has 3 fully saturated rings. The lowest BCUT2D eigenvalue weighted by atomic mass is 9.87. The van der Waals surface area contributed by atoms with Gasteiger partial charge < -0.3 is 34.5 Å². The molecule has 3 aromatic rings. The number of thiazole rings is 1. The Morgan fingerprint density at radius 1 is 1.12 bits per heavy atom. The minimum Gasteiger partial charge on any atom is -0.496 e. The Hall–Kier alpha value is -4.71. The van der Waals surface area contributed by atoms with Gasteiger partial charge in [0.05, 0.1) is 42.7 Å². The summed E-state index contributed by atoms with van der Waals surface area (Å²) in [7, 11) is -2.32. The van der Waals surface area contributed by atoms with Crippen LogP contribution in [0.15, 0.2) is 23.6 Å². The van der Waals surface area contributed by atoms with Gasteiger partial charge in [-0.05, 0) is 74.3 Å². The van der Waals surface area contributed by atoms with Gasteiger partial charge >= 0.3 is 6.09 Å². The summed E-state index contributed by atoms with van der Waals surface area (Å²) in [6.45, 7) is 8.11. The number of alkyl carbamates (subject to hydrolysis) is 1. The van der Waals surface area contributed by atoms with E-state index in [9.17, 15) is 27.6 Å². The first kappa shape index (κ1) is 43.4. The molecule has 2 saturated carbocycles. The molecule has 0 unspecified atom stereocenters. The number of nitrogens with zero attached hydrogens (tertiary/aromatic N) is 3. The van der Waals surface area contributed by atoms with Crippen LogP contribution in [0.5, 0.6) is 17.4 Å². The molecule has 0 radical (unpaired) electrons. The van der Waals surface area contributed by atoms with Gasteiger partial charge in [-0.3, -0.25) is 19.1 Å². The highest BCUT2D eigenvalue weighted by Gasteiger charge is 2.61. The molecule has 16 nitrogen and oxygen atoms in total. The highest BCUT2D eigenvalue weighted by atomic mass is 32.2. The number of benzene rings is 1. The number of amides is 4. The highest BCUT2D eigenvalue weighted by Crippen LogP contribution is 2.47. The number of sulfonamides is 1. The maximum Gasteiger partial charge on any atom is 0.407 e. The second kappa shape index (κ2) is 17.3. The number of pyridine rings is 1. The zero-order chi connectivity index (χ0) is 43.0. The molecule has 4 bridgehead atoms. The smallest absolute Gasteiger partial charge is 0.407 e. The third kappa shape index (κ3) is 9.74. The average Bonchev–Trinajstić information content (AvgIpc) is 3.59. The van der Waals surface area contributed by atoms with E-state index in [1.54, 1.807) is 13.2 Å². The maximum atomic E-state index is 14.9. The molecule has 1 saturated heterocycles. The van der Waals surface area contributed by atoms with Gasteiger partial charge in [0, 0.05) is 29.3 Å². The molecule has 2 aromatic heterocycles. The van der Waals surface area contributed by atoms with Gasteiger partial charge in [0.2, 0.25) is 27.7 Å². The number of nitrogens with one attached hydrogen (secondary N) is 3. The van der Waals surface area contributed by atoms with Crippen LogP contribution in [0.4, 0.5) is 4.79 Å². The number of cyclic esters (lactones) is 1. The van der Waals surface area contributed by atoms with E-state index in [-0.39, 0.29) is 55.7 Å². The fourth-order valence-corrected chi connectivity index (χ4v) is 10.1. The van der Waals surface area contributed by atoms with Crippen molar-refractivity contribution < 1.29 is 46.5 Å². The summed E-state index contributed by atoms with van der Waals surface area (Å²) in [5.74, 6) is -1.05. The van der Waals surface area contributed by atoms with Crippen molar-refractivity contribution in [1.82, 2.24) is 30.2 Å². The normalized spacial score (nSPS) is 26.1. The summed E-state index contributed by atoms with van der Waals surface area (Å²) in [5, 5.41) is 9.27. The number of hydrogen-bond acceptors (Lipinski definition) is 13. The van der Waals surface area contributed by atoms with E-state index in [0.29, 0.717) is 48.1 Å². The number of aryl methyl sites for hydroxylation is 2. The minimum absolute atomic E-state index is 0.0231. The number of methoxy groups -OCH3 is 1. The van der Waals surface area contributed by atoms with E-state index < -0.39 is 57.6 Å². The van der Waals surface area contributed by atoms with Crippen LogP contribution in [0.2, 0.25) is 0 Å². The summed E-state index contributed by atoms with van der Waals surface area (Å²) in [5.41, 5.74) is 0.381. The minimum atomic E-state index is -3.93. The second-order valence-corrected chi connectivity index (χ2v) is 20.3. The zero-order valence-corrected chi connectivity index (χ0v) is 36.8. The van der Waals surface area contributed by atoms with E-state index in [4.69, 9.17) is 23.9 Å². The van der Waals surface area contributed by atoms with Crippen molar-refractivity contribution in [1.29, 1.82) is 0 Å². The molecule has 4 heterocycles. The number of ether oxygens (including phenoxy) is 4. The van der Waals surface area contributed by atoms with Crippen LogP contribution in [0.25, 0.3) is 10.9 Å². The molecule has 326 valence electrons. The summed E-state index contributed by atoms with van der Waals surface area (Å²) >= 11 is 1.52. The lowest BCUT2D eigenvalue weighted by molar-refractivity contribution is -0.142. The fraction of sp³-hybridized carbons (Fsp3) is 0.619. The zero-order valence-electron chi connectivity index (χ0n) is 35.1. The molecular weight excluding hydrogens is 813 g/mol. The molecular formula is C42H56N6O10S2. The molecule has 5 atom stereocenters. The largest absolute Gasteiger partial charge is 0.496 e. The van der Waals surface area contributed by atoms with Crippen LogP contribution in [-0.2, 0) is 42.2 Å². The lowest BCUT2D eigenvalue weighted by Crippen LogP contribution is -2.59. The number of rotatable bonds is 10. The van der Waals surface area contributed by atoms with Gasteiger partial charge in [-0.15, -0.1) is 11.3 Å². The quantitative estimate of drug-likeness (QED) is 0.248. The van der Waals surface area contributed by atoms with Gasteiger partial charge in [-0.25, -0.2) is 23.2 Å². The van der Waals surface area contributed by atoms with Gasteiger partial charge in [-0.1, -0.05) is 40.0 Å². The molecule has 1 aromatic carbocycles. The van der Waals surface area contributed by atoms with Crippen LogP contribution >= 0.6 is 11.3 Å². The predicted octanol–water partition coefficient (Wildman–Crippen LogP) is 4.94. The topological polar surface area (TPSA) is 204 Å². The first-order valence-corrected chi connectivity index (χ1v) is 23.5. The van der Waals surface area contributed by atoms with Gasteiger partial charge in [0.1, 0.15) is 41.8 Å². The standard InChI is InChI=1S/C42H56N6O10S2/c1-7-27-19-42(27,39(51)47-60(6,53)54)46-37(49)32-16-29-20-48(32)38(50)36(25-11-8-9-12-25)45-40(52)57-23-41(3,4)14-10-13-26-15-30-31(17-33(26)55-5)44-35(18-34(30)58-29)56-21-28-22-59-24(2)43-28/h15,17-18,22,25,27,29,32,36H,7-14,16,19-21,23H2,1-6H3,(H,45,52)(H,46,49)(H,47,51)/t27-,29-,32+,36+,42-/m1/s1. The second-order valence-electron chi connectivity index (χ2n) is 17.5. The number of carbonyl (C=O) groups is 4. The average molecular weight is 869 g/mol. The Balaban J connectivity index is 1.28. The third-order valence-electron chi connectivity index (χ3n) is 12.3. The van der Waals surface area contributed by atoms with Crippen LogP contribution in [0.3, 0.4) is 0 Å². The molecule has 2 aliphatic carbocycles. The molecule has 60 heavy (non-hydrogen) atoms. The third-order valence-corrected chi connectivity index (χ3v) is 13.6. The Morgan fingerprint density at radius 3 is 2.55 bits per heavy atom. The van der Waals surface area contributed by atoms with Gasteiger partial charge in [0.15, 0.2) is 0 Å². The molecule has 4 amide bonds. The summed E-state index contributed by atoms with van der Waals surface area (Å²) in [4.78, 5) is 67.1. The predicted molar refractivity (Wildman–Crippen MR) is 223 cm³/mol.